The molecule has 0 aliphatic carbocycles. The number of fused-ring (bicyclic) bond motifs is 1. The Morgan fingerprint density at radius 1 is 1.48 bits per heavy atom. The second kappa shape index (κ2) is 5.68. The van der Waals surface area contributed by atoms with Gasteiger partial charge in [-0.25, -0.2) is 13.1 Å². The third-order valence-electron chi connectivity index (χ3n) is 4.32. The molecule has 2 unspecified atom stereocenters. The summed E-state index contributed by atoms with van der Waals surface area (Å²) in [4.78, 5) is 2.21. The fraction of sp³-hybridized carbons (Fsp3) is 0.769. The number of rotatable bonds is 4. The minimum atomic E-state index is -3.35. The molecule has 0 bridgehead atoms. The van der Waals surface area contributed by atoms with Crippen molar-refractivity contribution in [2.75, 3.05) is 20.2 Å². The summed E-state index contributed by atoms with van der Waals surface area (Å²) in [6.45, 7) is 5.26. The number of sulfonamides is 1. The van der Waals surface area contributed by atoms with E-state index in [1.54, 1.807) is 6.20 Å². The van der Waals surface area contributed by atoms with Crippen LogP contribution >= 0.6 is 0 Å². The second-order valence-electron chi connectivity index (χ2n) is 5.85. The maximum Gasteiger partial charge on any atom is 0.217 e. The van der Waals surface area contributed by atoms with Crippen molar-refractivity contribution in [1.29, 1.82) is 0 Å². The van der Waals surface area contributed by atoms with Gasteiger partial charge in [-0.1, -0.05) is 0 Å². The first kappa shape index (κ1) is 15.0. The van der Waals surface area contributed by atoms with E-state index in [9.17, 15) is 8.42 Å². The van der Waals surface area contributed by atoms with Crippen molar-refractivity contribution >= 4 is 10.0 Å². The van der Waals surface area contributed by atoms with Gasteiger partial charge in [0, 0.05) is 31.8 Å². The average molecular weight is 314 g/mol. The molecule has 1 fully saturated rings. The summed E-state index contributed by atoms with van der Waals surface area (Å²) in [6.07, 6.45) is 2.09. The fourth-order valence-electron chi connectivity index (χ4n) is 2.98. The Kier molecular flexibility index (Phi) is 4.04. The summed E-state index contributed by atoms with van der Waals surface area (Å²) < 4.78 is 34.7. The predicted molar refractivity (Wildman–Crippen MR) is 78.1 cm³/mol. The van der Waals surface area contributed by atoms with E-state index in [1.807, 2.05) is 11.6 Å². The van der Waals surface area contributed by atoms with Crippen LogP contribution in [-0.2, 0) is 34.4 Å². The Morgan fingerprint density at radius 3 is 3.00 bits per heavy atom. The smallest absolute Gasteiger partial charge is 0.217 e. The SMILES string of the molecule is CC1OCCC1S(=O)(=O)NCc1cnn2c1CN(C)CC2. The zero-order chi connectivity index (χ0) is 15.0. The van der Waals surface area contributed by atoms with Crippen LogP contribution in [0.2, 0.25) is 0 Å². The van der Waals surface area contributed by atoms with Gasteiger partial charge in [-0.15, -0.1) is 0 Å². The van der Waals surface area contributed by atoms with Crippen molar-refractivity contribution in [2.45, 2.75) is 44.3 Å². The topological polar surface area (TPSA) is 76.5 Å². The fourth-order valence-corrected chi connectivity index (χ4v) is 4.54. The molecule has 7 nitrogen and oxygen atoms in total. The van der Waals surface area contributed by atoms with Gasteiger partial charge in [0.25, 0.3) is 0 Å². The van der Waals surface area contributed by atoms with E-state index in [0.29, 0.717) is 19.6 Å². The Hall–Kier alpha value is -0.960. The Labute approximate surface area is 125 Å². The number of hydrogen-bond acceptors (Lipinski definition) is 5. The molecule has 1 aromatic heterocycles. The lowest BCUT2D eigenvalue weighted by Crippen LogP contribution is -2.38. The molecular formula is C13H22N4O3S. The van der Waals surface area contributed by atoms with Crippen LogP contribution in [0, 0.1) is 0 Å². The molecule has 2 aliphatic rings. The van der Waals surface area contributed by atoms with E-state index in [2.05, 4.69) is 21.8 Å². The van der Waals surface area contributed by atoms with Crippen LogP contribution in [0.3, 0.4) is 0 Å². The lowest BCUT2D eigenvalue weighted by molar-refractivity contribution is 0.126. The van der Waals surface area contributed by atoms with E-state index in [1.165, 1.54) is 0 Å². The van der Waals surface area contributed by atoms with Gasteiger partial charge in [0.15, 0.2) is 0 Å². The van der Waals surface area contributed by atoms with Crippen LogP contribution in [0.25, 0.3) is 0 Å². The highest BCUT2D eigenvalue weighted by molar-refractivity contribution is 7.90. The molecule has 0 aromatic carbocycles. The van der Waals surface area contributed by atoms with Crippen LogP contribution in [0.4, 0.5) is 0 Å². The maximum atomic E-state index is 12.3. The summed E-state index contributed by atoms with van der Waals surface area (Å²) >= 11 is 0. The van der Waals surface area contributed by atoms with Gasteiger partial charge >= 0.3 is 0 Å². The van der Waals surface area contributed by atoms with Crippen LogP contribution in [0.15, 0.2) is 6.20 Å². The molecule has 0 amide bonds. The van der Waals surface area contributed by atoms with Crippen molar-refractivity contribution in [3.63, 3.8) is 0 Å². The van der Waals surface area contributed by atoms with Gasteiger partial charge in [0.1, 0.15) is 5.25 Å². The lowest BCUT2D eigenvalue weighted by Gasteiger charge is -2.24. The van der Waals surface area contributed by atoms with E-state index in [-0.39, 0.29) is 6.10 Å². The van der Waals surface area contributed by atoms with Crippen molar-refractivity contribution in [1.82, 2.24) is 19.4 Å². The highest BCUT2D eigenvalue weighted by atomic mass is 32.2. The molecular weight excluding hydrogens is 292 g/mol. The Morgan fingerprint density at radius 2 is 2.29 bits per heavy atom. The largest absolute Gasteiger partial charge is 0.377 e. The second-order valence-corrected chi connectivity index (χ2v) is 7.83. The first-order chi connectivity index (χ1) is 9.97. The minimum absolute atomic E-state index is 0.241. The highest BCUT2D eigenvalue weighted by Gasteiger charge is 2.35. The zero-order valence-electron chi connectivity index (χ0n) is 12.4. The molecule has 3 heterocycles. The van der Waals surface area contributed by atoms with Crippen LogP contribution in [-0.4, -0.2) is 54.7 Å². The number of hydrogen-bond donors (Lipinski definition) is 1. The van der Waals surface area contributed by atoms with Gasteiger partial charge in [0.2, 0.25) is 10.0 Å². The zero-order valence-corrected chi connectivity index (χ0v) is 13.3. The summed E-state index contributed by atoms with van der Waals surface area (Å²) in [6, 6.07) is 0. The molecule has 1 aromatic rings. The lowest BCUT2D eigenvalue weighted by atomic mass is 10.2. The molecule has 118 valence electrons. The third-order valence-corrected chi connectivity index (χ3v) is 6.28. The van der Waals surface area contributed by atoms with Gasteiger partial charge in [-0.3, -0.25) is 9.58 Å². The van der Waals surface area contributed by atoms with Gasteiger partial charge in [0.05, 0.1) is 24.5 Å². The summed E-state index contributed by atoms with van der Waals surface area (Å²) in [5, 5.41) is 3.88. The van der Waals surface area contributed by atoms with Crippen molar-refractivity contribution in [2.24, 2.45) is 0 Å². The molecule has 3 rings (SSSR count). The summed E-state index contributed by atoms with van der Waals surface area (Å²) in [5.74, 6) is 0. The molecule has 1 N–H and O–H groups in total. The van der Waals surface area contributed by atoms with Crippen molar-refractivity contribution in [3.05, 3.63) is 17.5 Å². The number of likely N-dealkylation sites (N-methyl/N-ethyl adjacent to an activating group) is 1. The first-order valence-corrected chi connectivity index (χ1v) is 8.84. The molecule has 1 saturated heterocycles. The molecule has 8 heteroatoms. The molecule has 0 spiro atoms. The monoisotopic (exact) mass is 314 g/mol. The maximum absolute atomic E-state index is 12.3. The Balaban J connectivity index is 1.69. The molecule has 21 heavy (non-hydrogen) atoms. The van der Waals surface area contributed by atoms with E-state index in [0.717, 1.165) is 30.9 Å². The highest BCUT2D eigenvalue weighted by Crippen LogP contribution is 2.21. The molecule has 2 atom stereocenters. The molecule has 0 radical (unpaired) electrons. The molecule has 0 saturated carbocycles. The average Bonchev–Trinajstić information content (AvgIpc) is 3.03. The number of nitrogens with zero attached hydrogens (tertiary/aromatic N) is 3. The normalized spacial score (nSPS) is 27.0. The minimum Gasteiger partial charge on any atom is -0.377 e. The molecule has 2 aliphatic heterocycles. The van der Waals surface area contributed by atoms with E-state index in [4.69, 9.17) is 4.74 Å². The van der Waals surface area contributed by atoms with Gasteiger partial charge < -0.3 is 4.74 Å². The van der Waals surface area contributed by atoms with Crippen molar-refractivity contribution in [3.8, 4) is 0 Å². The predicted octanol–water partition coefficient (Wildman–Crippen LogP) is -0.0747. The summed E-state index contributed by atoms with van der Waals surface area (Å²) in [5.41, 5.74) is 2.05. The van der Waals surface area contributed by atoms with Gasteiger partial charge in [-0.2, -0.15) is 5.10 Å². The van der Waals surface area contributed by atoms with E-state index < -0.39 is 15.3 Å². The Bertz CT molecular complexity index is 613. The quantitative estimate of drug-likeness (QED) is 0.841. The van der Waals surface area contributed by atoms with Gasteiger partial charge in [-0.05, 0) is 20.4 Å². The van der Waals surface area contributed by atoms with E-state index >= 15 is 0 Å². The number of ether oxygens (including phenoxy) is 1. The number of nitrogens with one attached hydrogen (secondary N) is 1. The third kappa shape index (κ3) is 2.98. The van der Waals surface area contributed by atoms with Crippen LogP contribution in [0.1, 0.15) is 24.6 Å². The summed E-state index contributed by atoms with van der Waals surface area (Å²) in [7, 11) is -1.29. The van der Waals surface area contributed by atoms with Crippen molar-refractivity contribution < 1.29 is 13.2 Å². The standard InChI is InChI=1S/C13H22N4O3S/c1-10-13(3-6-20-10)21(18,19)15-8-11-7-14-17-5-4-16(2)9-12(11)17/h7,10,13,15H,3-6,8-9H2,1-2H3. The number of aromatic nitrogens is 2. The van der Waals surface area contributed by atoms with Crippen LogP contribution < -0.4 is 4.72 Å². The van der Waals surface area contributed by atoms with Crippen LogP contribution in [0.5, 0.6) is 0 Å². The first-order valence-electron chi connectivity index (χ1n) is 7.29.